The van der Waals surface area contributed by atoms with Gasteiger partial charge in [0.15, 0.2) is 11.3 Å². The van der Waals surface area contributed by atoms with Crippen LogP contribution in [0.25, 0.3) is 11.6 Å². The molecule has 2 atom stereocenters. The van der Waals surface area contributed by atoms with E-state index in [9.17, 15) is 0 Å². The highest BCUT2D eigenvalue weighted by Gasteiger charge is 2.63. The number of fused-ring (bicyclic) bond motifs is 2. The number of para-hydroxylation sites is 1. The number of methoxy groups -OCH3 is 1. The molecule has 0 bridgehead atoms. The van der Waals surface area contributed by atoms with E-state index >= 15 is 4.79 Å². The number of halogens is 2. The Balaban J connectivity index is 1.53. The van der Waals surface area contributed by atoms with Gasteiger partial charge in [-0.05, 0) is 94.6 Å². The average Bonchev–Trinajstić information content (AvgIpc) is 3.53. The van der Waals surface area contributed by atoms with Crippen LogP contribution >= 0.6 is 23.2 Å². The third-order valence-corrected chi connectivity index (χ3v) is 8.73. The molecular weight excluding hydrogens is 575 g/mol. The van der Waals surface area contributed by atoms with Crippen molar-refractivity contribution in [2.24, 2.45) is 5.10 Å². The second kappa shape index (κ2) is 10.9. The molecule has 0 saturated carbocycles. The number of ketones is 1. The summed E-state index contributed by atoms with van der Waals surface area (Å²) in [4.78, 5) is 15.3. The molecule has 0 aromatic heterocycles. The Morgan fingerprint density at radius 3 is 2.07 bits per heavy atom. The Morgan fingerprint density at radius 2 is 1.40 bits per heavy atom. The molecule has 6 heteroatoms. The molecule has 0 fully saturated rings. The van der Waals surface area contributed by atoms with E-state index in [0.717, 1.165) is 45.0 Å². The summed E-state index contributed by atoms with van der Waals surface area (Å²) in [6, 6.07) is 41.1. The lowest BCUT2D eigenvalue weighted by Crippen LogP contribution is -2.49. The Labute approximate surface area is 260 Å². The first kappa shape index (κ1) is 27.2. The predicted molar refractivity (Wildman–Crippen MR) is 175 cm³/mol. The van der Waals surface area contributed by atoms with E-state index in [-0.39, 0.29) is 5.78 Å². The summed E-state index contributed by atoms with van der Waals surface area (Å²) >= 11 is 12.6. The van der Waals surface area contributed by atoms with Gasteiger partial charge in [-0.1, -0.05) is 89.9 Å². The number of rotatable bonds is 5. The molecule has 43 heavy (non-hydrogen) atoms. The molecule has 0 radical (unpaired) electrons. The fourth-order valence-corrected chi connectivity index (χ4v) is 6.55. The quantitative estimate of drug-likeness (QED) is 0.189. The van der Waals surface area contributed by atoms with E-state index in [2.05, 4.69) is 6.07 Å². The van der Waals surface area contributed by atoms with Crippen LogP contribution in [-0.4, -0.2) is 18.6 Å². The highest BCUT2D eigenvalue weighted by Crippen LogP contribution is 2.58. The average molecular weight is 602 g/mol. The van der Waals surface area contributed by atoms with Crippen LogP contribution < -0.4 is 9.75 Å². The first-order valence-electron chi connectivity index (χ1n) is 14.0. The van der Waals surface area contributed by atoms with Crippen LogP contribution in [0.4, 0.5) is 5.69 Å². The summed E-state index contributed by atoms with van der Waals surface area (Å²) in [5.41, 5.74) is 5.55. The monoisotopic (exact) mass is 600 g/mol. The molecule has 0 amide bonds. The van der Waals surface area contributed by atoms with Crippen LogP contribution in [0.3, 0.4) is 0 Å². The lowest BCUT2D eigenvalue weighted by Gasteiger charge is -2.38. The van der Waals surface area contributed by atoms with E-state index in [4.69, 9.17) is 33.0 Å². The zero-order chi connectivity index (χ0) is 29.6. The van der Waals surface area contributed by atoms with Gasteiger partial charge < -0.3 is 4.74 Å². The number of ether oxygens (including phenoxy) is 1. The summed E-state index contributed by atoms with van der Waals surface area (Å²) < 4.78 is 5.45. The summed E-state index contributed by atoms with van der Waals surface area (Å²) in [7, 11) is 1.65. The van der Waals surface area contributed by atoms with Crippen molar-refractivity contribution in [2.75, 3.05) is 12.1 Å². The Bertz CT molecular complexity index is 1880. The molecule has 1 aliphatic carbocycles. The third-order valence-electron chi connectivity index (χ3n) is 8.22. The van der Waals surface area contributed by atoms with Gasteiger partial charge in [-0.25, -0.2) is 5.01 Å². The molecule has 5 aromatic rings. The second-order valence-corrected chi connectivity index (χ2v) is 11.5. The molecule has 2 aliphatic rings. The van der Waals surface area contributed by atoms with E-state index < -0.39 is 11.5 Å². The predicted octanol–water partition coefficient (Wildman–Crippen LogP) is 9.03. The molecule has 4 nitrogen and oxygen atoms in total. The van der Waals surface area contributed by atoms with Crippen molar-refractivity contribution < 1.29 is 9.53 Å². The smallest absolute Gasteiger partial charge is 0.196 e. The molecule has 7 rings (SSSR count). The van der Waals surface area contributed by atoms with E-state index in [1.807, 2.05) is 132 Å². The lowest BCUT2D eigenvalue weighted by molar-refractivity contribution is -0.118. The number of benzene rings is 5. The standard InChI is InChI=1S/C37H26Cl2N2O2/c1-43-30-21-15-26(16-22-30)35-34(25-13-19-28(39)20-14-25)37(41(40-35)29-7-3-2-4-8-29)33-10-6-5-9-31(33)32(36(37)42)23-24-11-17-27(38)18-12-24/h2-23,34H,1H3/b32-23+/t34-,37+/m1/s1. The maximum absolute atomic E-state index is 15.3. The Hall–Kier alpha value is -4.64. The van der Waals surface area contributed by atoms with Gasteiger partial charge in [-0.15, -0.1) is 0 Å². The molecule has 0 saturated heterocycles. The number of hydrogen-bond acceptors (Lipinski definition) is 4. The van der Waals surface area contributed by atoms with Gasteiger partial charge in [0.1, 0.15) is 5.75 Å². The molecule has 0 N–H and O–H groups in total. The minimum Gasteiger partial charge on any atom is -0.497 e. The number of carbonyl (C=O) groups excluding carboxylic acids is 1. The maximum atomic E-state index is 15.3. The van der Waals surface area contributed by atoms with Gasteiger partial charge >= 0.3 is 0 Å². The van der Waals surface area contributed by atoms with Crippen molar-refractivity contribution >= 4 is 52.0 Å². The van der Waals surface area contributed by atoms with E-state index in [1.54, 1.807) is 7.11 Å². The minimum atomic E-state index is -1.20. The van der Waals surface area contributed by atoms with Crippen molar-refractivity contribution in [1.82, 2.24) is 0 Å². The minimum absolute atomic E-state index is 0.0280. The van der Waals surface area contributed by atoms with Crippen molar-refractivity contribution in [3.63, 3.8) is 0 Å². The van der Waals surface area contributed by atoms with Crippen molar-refractivity contribution in [3.8, 4) is 5.75 Å². The SMILES string of the molecule is COc1ccc(C2=NN(c3ccccc3)[C@]3(C(=O)/C(=C/c4ccc(Cl)cc4)c4ccccc43)[C@@H]2c2ccc(Cl)cc2)cc1. The summed E-state index contributed by atoms with van der Waals surface area (Å²) in [6.07, 6.45) is 1.96. The fraction of sp³-hybridized carbons (Fsp3) is 0.0811. The van der Waals surface area contributed by atoms with E-state index in [0.29, 0.717) is 15.6 Å². The molecule has 1 spiro atoms. The molecule has 0 unspecified atom stereocenters. The zero-order valence-electron chi connectivity index (χ0n) is 23.2. The molecule has 5 aromatic carbocycles. The summed E-state index contributed by atoms with van der Waals surface area (Å²) in [5.74, 6) is 0.262. The summed E-state index contributed by atoms with van der Waals surface area (Å²) in [5, 5.41) is 8.51. The van der Waals surface area contributed by atoms with Crippen LogP contribution in [0.2, 0.25) is 10.0 Å². The van der Waals surface area contributed by atoms with Gasteiger partial charge in [0.05, 0.1) is 24.4 Å². The Kier molecular flexibility index (Phi) is 6.89. The first-order chi connectivity index (χ1) is 21.0. The van der Waals surface area contributed by atoms with E-state index in [1.165, 1.54) is 0 Å². The van der Waals surface area contributed by atoms with Crippen LogP contribution in [-0.2, 0) is 10.3 Å². The van der Waals surface area contributed by atoms with Gasteiger partial charge in [-0.3, -0.25) is 4.79 Å². The number of anilines is 1. The lowest BCUT2D eigenvalue weighted by atomic mass is 9.71. The number of hydrogen-bond donors (Lipinski definition) is 0. The van der Waals surface area contributed by atoms with Gasteiger partial charge in [0.25, 0.3) is 0 Å². The molecule has 210 valence electrons. The second-order valence-electron chi connectivity index (χ2n) is 10.6. The summed E-state index contributed by atoms with van der Waals surface area (Å²) in [6.45, 7) is 0. The van der Waals surface area contributed by atoms with Crippen LogP contribution in [0.5, 0.6) is 5.75 Å². The van der Waals surface area contributed by atoms with Crippen LogP contribution in [0.15, 0.2) is 132 Å². The highest BCUT2D eigenvalue weighted by molar-refractivity contribution is 6.37. The number of carbonyl (C=O) groups is 1. The largest absolute Gasteiger partial charge is 0.497 e. The Morgan fingerprint density at radius 1 is 0.767 bits per heavy atom. The number of hydrazone groups is 1. The maximum Gasteiger partial charge on any atom is 0.196 e. The van der Waals surface area contributed by atoms with Crippen molar-refractivity contribution in [3.05, 3.63) is 165 Å². The topological polar surface area (TPSA) is 41.9 Å². The zero-order valence-corrected chi connectivity index (χ0v) is 24.8. The number of nitrogens with zero attached hydrogens (tertiary/aromatic N) is 2. The van der Waals surface area contributed by atoms with Crippen molar-refractivity contribution in [2.45, 2.75) is 11.5 Å². The molecule has 1 heterocycles. The first-order valence-corrected chi connectivity index (χ1v) is 14.7. The normalized spacial score (nSPS) is 20.0. The van der Waals surface area contributed by atoms with Crippen LogP contribution in [0.1, 0.15) is 33.7 Å². The van der Waals surface area contributed by atoms with Gasteiger partial charge in [0.2, 0.25) is 0 Å². The highest BCUT2D eigenvalue weighted by atomic mass is 35.5. The number of Topliss-reactive ketones (excluding diaryl/α,β-unsaturated/α-hetero) is 1. The van der Waals surface area contributed by atoms with Gasteiger partial charge in [-0.2, -0.15) is 5.10 Å². The van der Waals surface area contributed by atoms with Crippen molar-refractivity contribution in [1.29, 1.82) is 0 Å². The molecular formula is C37H26Cl2N2O2. The van der Waals surface area contributed by atoms with Crippen LogP contribution in [0, 0.1) is 0 Å². The third kappa shape index (κ3) is 4.46. The fourth-order valence-electron chi connectivity index (χ4n) is 6.30. The molecule has 1 aliphatic heterocycles. The van der Waals surface area contributed by atoms with Gasteiger partial charge in [0, 0.05) is 15.6 Å².